The third-order valence-electron chi connectivity index (χ3n) is 5.78. The first kappa shape index (κ1) is 23.7. The maximum Gasteiger partial charge on any atom is 0.273 e. The fourth-order valence-corrected chi connectivity index (χ4v) is 5.61. The number of aryl methyl sites for hydroxylation is 1. The summed E-state index contributed by atoms with van der Waals surface area (Å²) in [5, 5.41) is 4.06. The Hall–Kier alpha value is -2.46. The summed E-state index contributed by atoms with van der Waals surface area (Å²) in [5.41, 5.74) is 1.55. The number of hydrogen-bond donors (Lipinski definition) is 1. The van der Waals surface area contributed by atoms with Crippen LogP contribution in [0.1, 0.15) is 38.7 Å². The Morgan fingerprint density at radius 1 is 1.30 bits per heavy atom. The first-order valence-corrected chi connectivity index (χ1v) is 13.0. The van der Waals surface area contributed by atoms with Gasteiger partial charge in [-0.05, 0) is 49.8 Å². The molecule has 1 N–H and O–H groups in total. The van der Waals surface area contributed by atoms with Gasteiger partial charge in [-0.2, -0.15) is 4.98 Å². The molecule has 0 aliphatic carbocycles. The maximum absolute atomic E-state index is 13.5. The van der Waals surface area contributed by atoms with E-state index in [9.17, 15) is 14.0 Å². The van der Waals surface area contributed by atoms with Gasteiger partial charge in [-0.3, -0.25) is 14.2 Å². The second kappa shape index (κ2) is 10.2. The number of thiazole rings is 1. The Morgan fingerprint density at radius 2 is 2.06 bits per heavy atom. The van der Waals surface area contributed by atoms with Gasteiger partial charge in [0.1, 0.15) is 10.5 Å². The lowest BCUT2D eigenvalue weighted by molar-refractivity contribution is -0.113. The Kier molecular flexibility index (Phi) is 7.33. The molecule has 0 unspecified atom stereocenters. The Labute approximate surface area is 200 Å². The highest BCUT2D eigenvalue weighted by Crippen LogP contribution is 2.30. The summed E-state index contributed by atoms with van der Waals surface area (Å²) in [7, 11) is 0. The van der Waals surface area contributed by atoms with Gasteiger partial charge in [0.15, 0.2) is 15.9 Å². The van der Waals surface area contributed by atoms with Crippen molar-refractivity contribution in [3.8, 4) is 0 Å². The summed E-state index contributed by atoms with van der Waals surface area (Å²) in [5.74, 6) is 0.0711. The number of rotatable bonds is 7. The number of nitrogens with one attached hydrogen (secondary N) is 1. The van der Waals surface area contributed by atoms with Gasteiger partial charge in [-0.1, -0.05) is 43.0 Å². The van der Waals surface area contributed by atoms with Crippen molar-refractivity contribution in [1.82, 2.24) is 14.5 Å². The number of halogens is 1. The summed E-state index contributed by atoms with van der Waals surface area (Å²) in [6.07, 6.45) is 3.00. The van der Waals surface area contributed by atoms with E-state index >= 15 is 0 Å². The molecule has 176 valence electrons. The van der Waals surface area contributed by atoms with Gasteiger partial charge in [0.25, 0.3) is 5.56 Å². The molecule has 1 saturated heterocycles. The second-order valence-electron chi connectivity index (χ2n) is 8.47. The van der Waals surface area contributed by atoms with Gasteiger partial charge in [0.2, 0.25) is 5.91 Å². The number of amides is 1. The van der Waals surface area contributed by atoms with Crippen molar-refractivity contribution in [2.75, 3.05) is 29.1 Å². The van der Waals surface area contributed by atoms with Gasteiger partial charge < -0.3 is 10.2 Å². The van der Waals surface area contributed by atoms with E-state index in [2.05, 4.69) is 27.1 Å². The van der Waals surface area contributed by atoms with Crippen LogP contribution in [0.3, 0.4) is 0 Å². The highest BCUT2D eigenvalue weighted by atomic mass is 32.2. The highest BCUT2D eigenvalue weighted by molar-refractivity contribution is 7.99. The van der Waals surface area contributed by atoms with Crippen LogP contribution in [0, 0.1) is 18.7 Å². The summed E-state index contributed by atoms with van der Waals surface area (Å²) >= 11 is 2.60. The number of carbonyl (C=O) groups excluding carboxylic acids is 1. The zero-order chi connectivity index (χ0) is 23.5. The van der Waals surface area contributed by atoms with Gasteiger partial charge in [-0.15, -0.1) is 0 Å². The van der Waals surface area contributed by atoms with E-state index < -0.39 is 5.82 Å². The number of hydrogen-bond acceptors (Lipinski definition) is 7. The Bertz CT molecular complexity index is 1220. The molecule has 1 aromatic carbocycles. The average Bonchev–Trinajstić information content (AvgIpc) is 3.22. The lowest BCUT2D eigenvalue weighted by atomic mass is 10.00. The number of piperidine rings is 1. The van der Waals surface area contributed by atoms with Crippen LogP contribution in [-0.2, 0) is 11.3 Å². The number of nitrogens with zero attached hydrogens (tertiary/aromatic N) is 4. The van der Waals surface area contributed by atoms with Crippen molar-refractivity contribution in [1.29, 1.82) is 0 Å². The molecule has 0 spiro atoms. The van der Waals surface area contributed by atoms with Crippen LogP contribution in [0.25, 0.3) is 10.3 Å². The maximum atomic E-state index is 13.5. The lowest BCUT2D eigenvalue weighted by Crippen LogP contribution is -2.32. The minimum absolute atomic E-state index is 0.0542. The molecule has 33 heavy (non-hydrogen) atoms. The van der Waals surface area contributed by atoms with Crippen LogP contribution in [-0.4, -0.2) is 39.3 Å². The molecule has 1 fully saturated rings. The number of anilines is 2. The second-order valence-corrected chi connectivity index (χ2v) is 10.4. The van der Waals surface area contributed by atoms with Crippen molar-refractivity contribution >= 4 is 50.2 Å². The van der Waals surface area contributed by atoms with Crippen molar-refractivity contribution in [3.63, 3.8) is 0 Å². The first-order chi connectivity index (χ1) is 15.9. The molecule has 3 heterocycles. The van der Waals surface area contributed by atoms with Crippen LogP contribution in [0.4, 0.5) is 15.2 Å². The molecule has 10 heteroatoms. The average molecular weight is 490 g/mol. The molecule has 0 bridgehead atoms. The van der Waals surface area contributed by atoms with E-state index in [1.165, 1.54) is 35.2 Å². The third-order valence-corrected chi connectivity index (χ3v) is 7.85. The van der Waals surface area contributed by atoms with Crippen molar-refractivity contribution in [3.05, 3.63) is 39.9 Å². The molecule has 4 rings (SSSR count). The van der Waals surface area contributed by atoms with Crippen LogP contribution < -0.4 is 15.8 Å². The van der Waals surface area contributed by atoms with E-state index in [0.717, 1.165) is 43.0 Å². The summed E-state index contributed by atoms with van der Waals surface area (Å²) in [6, 6.07) is 4.28. The SMILES string of the molecule is CCCn1c(SCC(=O)Nc2cc(F)ccc2C)nc2nc(N3CCC(C)CC3)sc2c1=O. The molecule has 0 atom stereocenters. The van der Waals surface area contributed by atoms with E-state index in [-0.39, 0.29) is 17.2 Å². The number of benzene rings is 1. The highest BCUT2D eigenvalue weighted by Gasteiger charge is 2.22. The molecular weight excluding hydrogens is 461 g/mol. The molecule has 3 aromatic rings. The minimum atomic E-state index is -0.407. The zero-order valence-corrected chi connectivity index (χ0v) is 20.7. The lowest BCUT2D eigenvalue weighted by Gasteiger charge is -2.29. The molecule has 0 radical (unpaired) electrons. The standard InChI is InChI=1S/C23H28FN5O2S2/c1-4-9-29-21(31)19-20(26-22(33-19)28-10-7-14(2)8-11-28)27-23(29)32-13-18(30)25-17-12-16(24)6-5-15(17)3/h5-6,12,14H,4,7-11,13H2,1-3H3,(H,25,30). The van der Waals surface area contributed by atoms with E-state index in [1.807, 2.05) is 6.92 Å². The van der Waals surface area contributed by atoms with E-state index in [1.54, 1.807) is 17.6 Å². The quantitative estimate of drug-likeness (QED) is 0.384. The van der Waals surface area contributed by atoms with Crippen molar-refractivity contribution in [2.24, 2.45) is 5.92 Å². The van der Waals surface area contributed by atoms with Crippen LogP contribution in [0.5, 0.6) is 0 Å². The summed E-state index contributed by atoms with van der Waals surface area (Å²) in [4.78, 5) is 37.3. The predicted molar refractivity (Wildman–Crippen MR) is 133 cm³/mol. The minimum Gasteiger partial charge on any atom is -0.348 e. The van der Waals surface area contributed by atoms with Gasteiger partial charge in [-0.25, -0.2) is 9.37 Å². The topological polar surface area (TPSA) is 80.1 Å². The molecule has 0 saturated carbocycles. The normalized spacial score (nSPS) is 14.7. The monoisotopic (exact) mass is 489 g/mol. The Balaban J connectivity index is 1.55. The fraction of sp³-hybridized carbons (Fsp3) is 0.478. The van der Waals surface area contributed by atoms with Crippen LogP contribution in [0.15, 0.2) is 28.2 Å². The van der Waals surface area contributed by atoms with E-state index in [4.69, 9.17) is 0 Å². The fourth-order valence-electron chi connectivity index (χ4n) is 3.79. The molecule has 2 aromatic heterocycles. The van der Waals surface area contributed by atoms with Gasteiger partial charge >= 0.3 is 0 Å². The van der Waals surface area contributed by atoms with Crippen LogP contribution >= 0.6 is 23.1 Å². The van der Waals surface area contributed by atoms with Gasteiger partial charge in [0.05, 0.1) is 5.75 Å². The van der Waals surface area contributed by atoms with Crippen molar-refractivity contribution < 1.29 is 9.18 Å². The number of aromatic nitrogens is 3. The largest absolute Gasteiger partial charge is 0.348 e. The molecule has 1 aliphatic rings. The summed E-state index contributed by atoms with van der Waals surface area (Å²) < 4.78 is 15.7. The number of carbonyl (C=O) groups is 1. The zero-order valence-electron chi connectivity index (χ0n) is 19.1. The molecule has 1 aliphatic heterocycles. The predicted octanol–water partition coefficient (Wildman–Crippen LogP) is 4.68. The van der Waals surface area contributed by atoms with Crippen LogP contribution in [0.2, 0.25) is 0 Å². The first-order valence-electron chi connectivity index (χ1n) is 11.2. The third kappa shape index (κ3) is 5.38. The smallest absolute Gasteiger partial charge is 0.273 e. The summed E-state index contributed by atoms with van der Waals surface area (Å²) in [6.45, 7) is 8.45. The van der Waals surface area contributed by atoms with E-state index in [0.29, 0.717) is 33.7 Å². The number of thioether (sulfide) groups is 1. The van der Waals surface area contributed by atoms with Crippen molar-refractivity contribution in [2.45, 2.75) is 51.7 Å². The Morgan fingerprint density at radius 3 is 2.79 bits per heavy atom. The molecular formula is C23H28FN5O2S2. The van der Waals surface area contributed by atoms with Gasteiger partial charge in [0, 0.05) is 25.3 Å². The molecule has 1 amide bonds. The number of fused-ring (bicyclic) bond motifs is 1. The molecule has 7 nitrogen and oxygen atoms in total.